The van der Waals surface area contributed by atoms with Gasteiger partial charge in [-0.3, -0.25) is 4.79 Å². The summed E-state index contributed by atoms with van der Waals surface area (Å²) in [6.45, 7) is 4.38. The number of nitrogens with zero attached hydrogens (tertiary/aromatic N) is 1. The van der Waals surface area contributed by atoms with Crippen LogP contribution >= 0.6 is 0 Å². The van der Waals surface area contributed by atoms with E-state index in [1.807, 2.05) is 0 Å². The Morgan fingerprint density at radius 2 is 2.25 bits per heavy atom. The summed E-state index contributed by atoms with van der Waals surface area (Å²) in [6, 6.07) is 0. The minimum absolute atomic E-state index is 0.164. The molecule has 2 saturated heterocycles. The number of cyclic esters (lactones) is 1. The van der Waals surface area contributed by atoms with Crippen LogP contribution in [-0.4, -0.2) is 56.2 Å². The summed E-state index contributed by atoms with van der Waals surface area (Å²) in [5, 5.41) is 6.32. The number of hydrogen-bond donors (Lipinski definition) is 2. The molecule has 2 aliphatic heterocycles. The van der Waals surface area contributed by atoms with Gasteiger partial charge in [0.2, 0.25) is 5.91 Å². The third-order valence-corrected chi connectivity index (χ3v) is 4.84. The average molecular weight is 281 g/mol. The first-order valence-corrected chi connectivity index (χ1v) is 7.61. The molecule has 2 amide bonds. The summed E-state index contributed by atoms with van der Waals surface area (Å²) in [6.07, 6.45) is 3.88. The molecule has 1 saturated carbocycles. The Labute approximate surface area is 119 Å². The summed E-state index contributed by atoms with van der Waals surface area (Å²) in [7, 11) is 0. The van der Waals surface area contributed by atoms with Crippen LogP contribution < -0.4 is 10.6 Å². The number of rotatable bonds is 4. The van der Waals surface area contributed by atoms with Crippen LogP contribution in [0.4, 0.5) is 4.79 Å². The number of hydrogen-bond acceptors (Lipinski definition) is 4. The van der Waals surface area contributed by atoms with Gasteiger partial charge in [-0.15, -0.1) is 0 Å². The first kappa shape index (κ1) is 13.7. The number of amides is 2. The lowest BCUT2D eigenvalue weighted by atomic mass is 9.92. The van der Waals surface area contributed by atoms with Crippen molar-refractivity contribution < 1.29 is 14.3 Å². The van der Waals surface area contributed by atoms with Crippen molar-refractivity contribution in [1.82, 2.24) is 15.5 Å². The van der Waals surface area contributed by atoms with Crippen molar-refractivity contribution in [3.8, 4) is 0 Å². The smallest absolute Gasteiger partial charge is 0.409 e. The van der Waals surface area contributed by atoms with Crippen molar-refractivity contribution in [2.75, 3.05) is 39.3 Å². The van der Waals surface area contributed by atoms with Gasteiger partial charge in [0.05, 0.1) is 6.61 Å². The predicted molar refractivity (Wildman–Crippen MR) is 73.2 cm³/mol. The van der Waals surface area contributed by atoms with Gasteiger partial charge in [-0.25, -0.2) is 4.79 Å². The lowest BCUT2D eigenvalue weighted by Gasteiger charge is -2.26. The highest BCUT2D eigenvalue weighted by Crippen LogP contribution is 2.58. The van der Waals surface area contributed by atoms with Gasteiger partial charge in [0, 0.05) is 25.6 Å². The molecule has 0 unspecified atom stereocenters. The van der Waals surface area contributed by atoms with E-state index in [9.17, 15) is 9.59 Å². The molecular formula is C14H23N3O3. The second-order valence-electron chi connectivity index (χ2n) is 6.12. The second-order valence-corrected chi connectivity index (χ2v) is 6.12. The summed E-state index contributed by atoms with van der Waals surface area (Å²) >= 11 is 0. The van der Waals surface area contributed by atoms with E-state index in [1.54, 1.807) is 4.90 Å². The van der Waals surface area contributed by atoms with Crippen molar-refractivity contribution in [2.45, 2.75) is 25.7 Å². The van der Waals surface area contributed by atoms with Gasteiger partial charge in [-0.1, -0.05) is 0 Å². The lowest BCUT2D eigenvalue weighted by Crippen LogP contribution is -2.43. The van der Waals surface area contributed by atoms with E-state index in [2.05, 4.69) is 10.6 Å². The molecule has 0 radical (unpaired) electrons. The molecule has 2 N–H and O–H groups in total. The molecular weight excluding hydrogens is 258 g/mol. The largest absolute Gasteiger partial charge is 0.449 e. The minimum Gasteiger partial charge on any atom is -0.449 e. The van der Waals surface area contributed by atoms with Gasteiger partial charge in [0.25, 0.3) is 0 Å². The van der Waals surface area contributed by atoms with Crippen LogP contribution in [0.2, 0.25) is 0 Å². The van der Waals surface area contributed by atoms with Crippen molar-refractivity contribution >= 4 is 12.0 Å². The number of nitrogens with one attached hydrogen (secondary N) is 2. The average Bonchev–Trinajstić information content (AvgIpc) is 3.15. The third-order valence-electron chi connectivity index (χ3n) is 4.84. The van der Waals surface area contributed by atoms with Crippen molar-refractivity contribution in [1.29, 1.82) is 0 Å². The predicted octanol–water partition coefficient (Wildman–Crippen LogP) is 0.335. The molecule has 0 aromatic rings. The summed E-state index contributed by atoms with van der Waals surface area (Å²) in [5.74, 6) is 0.357. The quantitative estimate of drug-likeness (QED) is 0.779. The van der Waals surface area contributed by atoms with Gasteiger partial charge < -0.3 is 20.3 Å². The maximum atomic E-state index is 12.1. The van der Waals surface area contributed by atoms with E-state index in [4.69, 9.17) is 4.74 Å². The summed E-state index contributed by atoms with van der Waals surface area (Å²) < 4.78 is 4.97. The standard InChI is InChI=1S/C14H23N3O3/c18-12(11-10-14(11)2-4-15-5-3-14)16-6-8-17-7-1-9-20-13(17)19/h11,15H,1-10H2,(H,16,18)/t11-/m1/s1. The molecule has 1 aliphatic carbocycles. The van der Waals surface area contributed by atoms with Crippen molar-refractivity contribution in [2.24, 2.45) is 11.3 Å². The van der Waals surface area contributed by atoms with Crippen LogP contribution in [0.1, 0.15) is 25.7 Å². The third kappa shape index (κ3) is 2.75. The van der Waals surface area contributed by atoms with Gasteiger partial charge in [0.15, 0.2) is 0 Å². The zero-order chi connectivity index (χ0) is 14.0. The Morgan fingerprint density at radius 1 is 1.45 bits per heavy atom. The van der Waals surface area contributed by atoms with Crippen LogP contribution in [0.15, 0.2) is 0 Å². The highest BCUT2D eigenvalue weighted by atomic mass is 16.6. The Kier molecular flexibility index (Phi) is 3.83. The van der Waals surface area contributed by atoms with Crippen LogP contribution in [-0.2, 0) is 9.53 Å². The summed E-state index contributed by atoms with van der Waals surface area (Å²) in [5.41, 5.74) is 0.277. The van der Waals surface area contributed by atoms with Crippen LogP contribution in [0, 0.1) is 11.3 Å². The topological polar surface area (TPSA) is 70.7 Å². The van der Waals surface area contributed by atoms with Crippen LogP contribution in [0.5, 0.6) is 0 Å². The minimum atomic E-state index is -0.258. The maximum Gasteiger partial charge on any atom is 0.409 e. The number of carbonyl (C=O) groups excluding carboxylic acids is 2. The monoisotopic (exact) mass is 281 g/mol. The number of carbonyl (C=O) groups is 2. The molecule has 3 aliphatic rings. The molecule has 1 atom stereocenters. The summed E-state index contributed by atoms with van der Waals surface area (Å²) in [4.78, 5) is 25.2. The van der Waals surface area contributed by atoms with Gasteiger partial charge in [-0.2, -0.15) is 0 Å². The number of piperidine rings is 1. The van der Waals surface area contributed by atoms with E-state index in [0.717, 1.165) is 45.3 Å². The maximum absolute atomic E-state index is 12.1. The highest BCUT2D eigenvalue weighted by molar-refractivity contribution is 5.82. The van der Waals surface area contributed by atoms with Gasteiger partial charge in [-0.05, 0) is 44.2 Å². The molecule has 0 aromatic heterocycles. The zero-order valence-electron chi connectivity index (χ0n) is 11.8. The molecule has 0 aromatic carbocycles. The molecule has 6 heteroatoms. The molecule has 112 valence electrons. The molecule has 20 heavy (non-hydrogen) atoms. The number of ether oxygens (including phenoxy) is 1. The highest BCUT2D eigenvalue weighted by Gasteiger charge is 2.57. The molecule has 6 nitrogen and oxygen atoms in total. The lowest BCUT2D eigenvalue weighted by molar-refractivity contribution is -0.123. The first-order valence-electron chi connectivity index (χ1n) is 7.61. The van der Waals surface area contributed by atoms with Gasteiger partial charge in [0.1, 0.15) is 0 Å². The molecule has 3 rings (SSSR count). The van der Waals surface area contributed by atoms with E-state index >= 15 is 0 Å². The van der Waals surface area contributed by atoms with Crippen LogP contribution in [0.3, 0.4) is 0 Å². The van der Waals surface area contributed by atoms with E-state index in [0.29, 0.717) is 19.7 Å². The second kappa shape index (κ2) is 5.60. The molecule has 1 spiro atoms. The van der Waals surface area contributed by atoms with E-state index in [1.165, 1.54) is 0 Å². The normalized spacial score (nSPS) is 28.1. The van der Waals surface area contributed by atoms with Crippen molar-refractivity contribution in [3.05, 3.63) is 0 Å². The SMILES string of the molecule is O=C(NCCN1CCCOC1=O)[C@H]1CC12CCNCC2. The van der Waals surface area contributed by atoms with Crippen molar-refractivity contribution in [3.63, 3.8) is 0 Å². The Hall–Kier alpha value is -1.30. The first-order chi connectivity index (χ1) is 9.71. The fourth-order valence-corrected chi connectivity index (χ4v) is 3.43. The van der Waals surface area contributed by atoms with Crippen LogP contribution in [0.25, 0.3) is 0 Å². The molecule has 2 heterocycles. The Balaban J connectivity index is 1.38. The fourth-order valence-electron chi connectivity index (χ4n) is 3.43. The Bertz CT molecular complexity index is 393. The molecule has 0 bridgehead atoms. The van der Waals surface area contributed by atoms with E-state index < -0.39 is 0 Å². The Morgan fingerprint density at radius 3 is 3.00 bits per heavy atom. The zero-order valence-corrected chi connectivity index (χ0v) is 11.8. The molecule has 3 fully saturated rings. The van der Waals surface area contributed by atoms with Gasteiger partial charge >= 0.3 is 6.09 Å². The fraction of sp³-hybridized carbons (Fsp3) is 0.857. The van der Waals surface area contributed by atoms with E-state index in [-0.39, 0.29) is 23.3 Å².